The molecule has 0 bridgehead atoms. The zero-order valence-corrected chi connectivity index (χ0v) is 91.9. The number of carbonyl (C=O) groups is 2. The fourth-order valence-corrected chi connectivity index (χ4v) is 18.6. The molecule has 16 aromatic rings. The van der Waals surface area contributed by atoms with Crippen molar-refractivity contribution in [2.24, 2.45) is 0 Å². The van der Waals surface area contributed by atoms with Crippen LogP contribution >= 0.6 is 0 Å². The van der Waals surface area contributed by atoms with Crippen molar-refractivity contribution in [3.8, 4) is 112 Å². The molecule has 10 nitrogen and oxygen atoms in total. The summed E-state index contributed by atoms with van der Waals surface area (Å²) >= 11 is 0. The Hall–Kier alpha value is -11.0. The Balaban J connectivity index is 0.000000273. The SMILES string of the molecule is CC(=O)C=C(C)O.CC(=O)C=C(C)O.C[Si](C)(C)c1cc(-c2[c-]cccc2)ncc1-c1ccccc1.C[Si](C)(C)c1cc(-c2[c-]cccc2)ncc1-c1ccccc1.C[Si](C)(C)c1ccc(-c2[c-]cc(-c3ccccc3)cc2)nc1.C[Si](C)(C)c1ccnc(-c2[c-]cc(-c3ccccc3)cc2)c1.Cc1ccc[c-]c1-c1ccccn1.Cc1ccc[c-]c1-c1ccccn1.[Ir].[Ir].[Ir].[Ir]. The van der Waals surface area contributed by atoms with Gasteiger partial charge < -0.3 is 40.1 Å². The van der Waals surface area contributed by atoms with E-state index in [-0.39, 0.29) is 104 Å². The van der Waals surface area contributed by atoms with Gasteiger partial charge in [0.05, 0.1) is 43.8 Å². The van der Waals surface area contributed by atoms with Crippen molar-refractivity contribution in [2.45, 2.75) is 120 Å². The smallest absolute Gasteiger partial charge is 0.155 e. The van der Waals surface area contributed by atoms with Crippen molar-refractivity contribution >= 4 is 64.6 Å². The Morgan fingerprint density at radius 1 is 0.280 bits per heavy atom. The second-order valence-electron chi connectivity index (χ2n) is 34.8. The molecule has 684 valence electrons. The van der Waals surface area contributed by atoms with Gasteiger partial charge >= 0.3 is 0 Å². The maximum Gasteiger partial charge on any atom is 0.155 e. The summed E-state index contributed by atoms with van der Waals surface area (Å²) in [6.07, 6.45) is 13.9. The fraction of sp³-hybridized carbons (Fsp3) is 0.158. The van der Waals surface area contributed by atoms with Crippen LogP contribution in [-0.4, -0.2) is 84.0 Å². The van der Waals surface area contributed by atoms with Crippen molar-refractivity contribution < 1.29 is 100 Å². The summed E-state index contributed by atoms with van der Waals surface area (Å²) in [5.74, 6) is -0.125. The van der Waals surface area contributed by atoms with Crippen LogP contribution in [0.5, 0.6) is 0 Å². The zero-order chi connectivity index (χ0) is 92.2. The first-order valence-electron chi connectivity index (χ1n) is 42.9. The molecule has 0 saturated carbocycles. The third-order valence-electron chi connectivity index (χ3n) is 20.0. The molecule has 0 amide bonds. The van der Waals surface area contributed by atoms with E-state index in [1.807, 2.05) is 146 Å². The van der Waals surface area contributed by atoms with E-state index >= 15 is 0 Å². The van der Waals surface area contributed by atoms with Crippen molar-refractivity contribution in [3.05, 3.63) is 424 Å². The number of ketones is 2. The van der Waals surface area contributed by atoms with Crippen molar-refractivity contribution in [3.63, 3.8) is 0 Å². The summed E-state index contributed by atoms with van der Waals surface area (Å²) in [4.78, 5) is 47.1. The third kappa shape index (κ3) is 36.5. The monoisotopic (exact) mass is 2520 g/mol. The molecule has 0 fully saturated rings. The molecular weight excluding hydrogens is 2400 g/mol. The second kappa shape index (κ2) is 55.5. The maximum atomic E-state index is 10.0. The van der Waals surface area contributed by atoms with E-state index in [4.69, 9.17) is 20.2 Å². The molecule has 0 saturated heterocycles. The van der Waals surface area contributed by atoms with Gasteiger partial charge in [-0.05, 0) is 107 Å². The van der Waals surface area contributed by atoms with Crippen molar-refractivity contribution in [1.29, 1.82) is 0 Å². The van der Waals surface area contributed by atoms with Gasteiger partial charge in [-0.15, -0.1) is 202 Å². The Morgan fingerprint density at radius 3 is 0.924 bits per heavy atom. The molecule has 132 heavy (non-hydrogen) atoms. The molecule has 0 unspecified atom stereocenters. The number of carbonyl (C=O) groups excluding carboxylic acids is 2. The normalized spacial score (nSPS) is 10.8. The number of aliphatic hydroxyl groups excluding tert-OH is 2. The van der Waals surface area contributed by atoms with Crippen LogP contribution in [0.25, 0.3) is 112 Å². The van der Waals surface area contributed by atoms with E-state index in [0.29, 0.717) is 0 Å². The number of hydrogen-bond acceptors (Lipinski definition) is 10. The van der Waals surface area contributed by atoms with Gasteiger partial charge in [0, 0.05) is 130 Å². The molecule has 0 atom stereocenters. The predicted molar refractivity (Wildman–Crippen MR) is 548 cm³/mol. The number of aliphatic hydroxyl groups is 2. The summed E-state index contributed by atoms with van der Waals surface area (Å²) in [6, 6.07) is 127. The van der Waals surface area contributed by atoms with Gasteiger partial charge in [0.2, 0.25) is 0 Å². The minimum atomic E-state index is -1.48. The summed E-state index contributed by atoms with van der Waals surface area (Å²) in [7, 11) is -5.56. The van der Waals surface area contributed by atoms with Crippen LogP contribution in [0.15, 0.2) is 376 Å². The first-order chi connectivity index (χ1) is 61.2. The Morgan fingerprint density at radius 2 is 0.621 bits per heavy atom. The number of hydrogen-bond donors (Lipinski definition) is 2. The number of aryl methyl sites for hydroxylation is 2. The van der Waals surface area contributed by atoms with Crippen LogP contribution in [0.2, 0.25) is 78.6 Å². The zero-order valence-electron chi connectivity index (χ0n) is 78.4. The Kier molecular flexibility index (Phi) is 46.9. The minimum absolute atomic E-state index is 0. The number of benzene rings is 10. The summed E-state index contributed by atoms with van der Waals surface area (Å²) in [5.41, 5.74) is 24.6. The molecule has 0 spiro atoms. The average molecular weight is 2520 g/mol. The van der Waals surface area contributed by atoms with E-state index < -0.39 is 32.3 Å². The molecule has 10 aromatic carbocycles. The number of rotatable bonds is 16. The van der Waals surface area contributed by atoms with E-state index in [1.165, 1.54) is 116 Å². The number of pyridine rings is 6. The largest absolute Gasteiger partial charge is 0.512 e. The number of aromatic nitrogens is 6. The number of nitrogens with zero attached hydrogens (tertiary/aromatic N) is 6. The van der Waals surface area contributed by atoms with Gasteiger partial charge in [-0.3, -0.25) is 9.59 Å². The van der Waals surface area contributed by atoms with E-state index in [0.717, 1.165) is 67.5 Å². The van der Waals surface area contributed by atoms with E-state index in [9.17, 15) is 9.59 Å². The quantitative estimate of drug-likeness (QED) is 0.0414. The standard InChI is InChI=1S/4C20H20NSi.2C12H10N.2C5H8O2.4Ir/c2*1-22(2,3)20-14-19(17-12-8-5-9-13-17)21-15-18(20)16-10-6-4-7-11-16;1-22(2,3)19-13-14-21-20(15-19)18-11-9-17(10-12-18)16-7-5-4-6-8-16;1-22(2,3)19-13-14-20(21-15-19)18-11-9-17(10-12-18)16-7-5-4-6-8-16;2*1-10-6-2-3-7-11(10)12-8-4-5-9-13-12;2*1-4(6)3-5(2)7;;;;/h2*4-12,14-15H,1-3H3;2*4-11,13-15H,1-3H3;2*2-6,8-9H,1H3;2*3,6H,1-2H3;;;;/q6*-1;;;;;;. The van der Waals surface area contributed by atoms with Gasteiger partial charge in [-0.25, -0.2) is 0 Å². The first-order valence-corrected chi connectivity index (χ1v) is 56.9. The van der Waals surface area contributed by atoms with Crippen LogP contribution in [0.1, 0.15) is 38.8 Å². The molecule has 16 rings (SSSR count). The summed E-state index contributed by atoms with van der Waals surface area (Å²) in [5, 5.41) is 22.4. The molecule has 4 radical (unpaired) electrons. The van der Waals surface area contributed by atoms with Gasteiger partial charge in [0.1, 0.15) is 0 Å². The van der Waals surface area contributed by atoms with Crippen LogP contribution in [0.3, 0.4) is 0 Å². The molecule has 6 aromatic heterocycles. The van der Waals surface area contributed by atoms with Crippen LogP contribution in [0, 0.1) is 50.2 Å². The van der Waals surface area contributed by atoms with Crippen LogP contribution < -0.4 is 20.7 Å². The van der Waals surface area contributed by atoms with Crippen LogP contribution in [-0.2, 0) is 90.0 Å². The van der Waals surface area contributed by atoms with Gasteiger partial charge in [0.25, 0.3) is 0 Å². The average Bonchev–Trinajstić information content (AvgIpc) is 0.790. The minimum Gasteiger partial charge on any atom is -0.512 e. The second-order valence-corrected chi connectivity index (χ2v) is 55.0. The molecule has 18 heteroatoms. The van der Waals surface area contributed by atoms with Gasteiger partial charge in [-0.2, -0.15) is 0 Å². The maximum absolute atomic E-state index is 10.0. The van der Waals surface area contributed by atoms with Crippen molar-refractivity contribution in [2.75, 3.05) is 0 Å². The van der Waals surface area contributed by atoms with Crippen LogP contribution in [0.4, 0.5) is 0 Å². The van der Waals surface area contributed by atoms with Crippen molar-refractivity contribution in [1.82, 2.24) is 29.9 Å². The molecule has 6 heterocycles. The molecule has 0 aliphatic heterocycles. The molecule has 2 N–H and O–H groups in total. The summed E-state index contributed by atoms with van der Waals surface area (Å²) in [6.45, 7) is 38.2. The van der Waals surface area contributed by atoms with E-state index in [1.54, 1.807) is 12.4 Å². The first kappa shape index (κ1) is 111. The number of allylic oxidation sites excluding steroid dienone is 4. The predicted octanol–water partition coefficient (Wildman–Crippen LogP) is 26.8. The Labute approximate surface area is 842 Å². The Bertz CT molecular complexity index is 5940. The molecule has 0 aliphatic rings. The van der Waals surface area contributed by atoms with Gasteiger partial charge in [-0.1, -0.05) is 306 Å². The van der Waals surface area contributed by atoms with E-state index in [2.05, 4.69) is 343 Å². The molecule has 0 aliphatic carbocycles. The summed E-state index contributed by atoms with van der Waals surface area (Å²) < 4.78 is 0. The molecular formula is C114H116Ir4N6O4Si4-6. The topological polar surface area (TPSA) is 152 Å². The van der Waals surface area contributed by atoms with Gasteiger partial charge in [0.15, 0.2) is 11.6 Å². The third-order valence-corrected chi connectivity index (χ3v) is 28.1. The fourth-order valence-electron chi connectivity index (χ4n) is 13.3.